The lowest BCUT2D eigenvalue weighted by atomic mass is 10.2. The van der Waals surface area contributed by atoms with Gasteiger partial charge in [-0.3, -0.25) is 14.4 Å². The first-order chi connectivity index (χ1) is 6.99. The van der Waals surface area contributed by atoms with Gasteiger partial charge in [-0.2, -0.15) is 0 Å². The highest BCUT2D eigenvalue weighted by Gasteiger charge is 2.27. The minimum Gasteiger partial charge on any atom is -0.481 e. The molecule has 84 valence electrons. The van der Waals surface area contributed by atoms with E-state index in [1.165, 1.54) is 0 Å². The minimum absolute atomic E-state index is 0.119. The molecule has 1 heterocycles. The third-order valence-electron chi connectivity index (χ3n) is 2.18. The highest BCUT2D eigenvalue weighted by Crippen LogP contribution is 2.06. The Balaban J connectivity index is 2.35. The molecule has 1 unspecified atom stereocenters. The fourth-order valence-corrected chi connectivity index (χ4v) is 1.47. The van der Waals surface area contributed by atoms with Gasteiger partial charge in [-0.15, -0.1) is 0 Å². The second kappa shape index (κ2) is 4.77. The Morgan fingerprint density at radius 2 is 2.33 bits per heavy atom. The molecule has 2 amide bonds. The summed E-state index contributed by atoms with van der Waals surface area (Å²) in [5.41, 5.74) is 0. The number of carbonyl (C=O) groups excluding carboxylic acids is 2. The van der Waals surface area contributed by atoms with Gasteiger partial charge < -0.3 is 15.7 Å². The molecule has 6 nitrogen and oxygen atoms in total. The van der Waals surface area contributed by atoms with Crippen LogP contribution in [0.4, 0.5) is 0 Å². The molecule has 1 saturated heterocycles. The molecular weight excluding hydrogens is 200 g/mol. The van der Waals surface area contributed by atoms with Crippen molar-refractivity contribution < 1.29 is 19.5 Å². The highest BCUT2D eigenvalue weighted by atomic mass is 16.4. The largest absolute Gasteiger partial charge is 0.481 e. The van der Waals surface area contributed by atoms with Crippen LogP contribution in [0.2, 0.25) is 0 Å². The Kier molecular flexibility index (Phi) is 3.65. The van der Waals surface area contributed by atoms with E-state index < -0.39 is 18.1 Å². The standard InChI is InChI=1S/C9H14N2O4/c1-5(4-8(13)14)10-9(15)6-2-3-7(12)11-6/h5-6H,2-4H2,1H3,(H,10,15)(H,11,12)(H,13,14)/t5?,6-/m1/s1. The van der Waals surface area contributed by atoms with Gasteiger partial charge in [-0.05, 0) is 13.3 Å². The normalized spacial score (nSPS) is 21.9. The van der Waals surface area contributed by atoms with Crippen LogP contribution >= 0.6 is 0 Å². The molecule has 2 atom stereocenters. The number of hydrogen-bond donors (Lipinski definition) is 3. The zero-order valence-corrected chi connectivity index (χ0v) is 8.45. The smallest absolute Gasteiger partial charge is 0.305 e. The lowest BCUT2D eigenvalue weighted by molar-refractivity contribution is -0.137. The molecular formula is C9H14N2O4. The summed E-state index contributed by atoms with van der Waals surface area (Å²) in [4.78, 5) is 32.6. The Labute approximate surface area is 87.0 Å². The van der Waals surface area contributed by atoms with E-state index in [-0.39, 0.29) is 18.2 Å². The van der Waals surface area contributed by atoms with E-state index in [2.05, 4.69) is 10.6 Å². The molecule has 0 bridgehead atoms. The van der Waals surface area contributed by atoms with Gasteiger partial charge in [0.15, 0.2) is 0 Å². The number of carboxylic acids is 1. The van der Waals surface area contributed by atoms with Crippen LogP contribution in [-0.4, -0.2) is 35.0 Å². The van der Waals surface area contributed by atoms with Gasteiger partial charge in [0, 0.05) is 12.5 Å². The van der Waals surface area contributed by atoms with Crippen molar-refractivity contribution >= 4 is 17.8 Å². The maximum absolute atomic E-state index is 11.5. The van der Waals surface area contributed by atoms with E-state index in [1.54, 1.807) is 6.92 Å². The van der Waals surface area contributed by atoms with Gasteiger partial charge >= 0.3 is 5.97 Å². The highest BCUT2D eigenvalue weighted by molar-refractivity contribution is 5.91. The van der Waals surface area contributed by atoms with Crippen molar-refractivity contribution in [2.45, 2.75) is 38.3 Å². The molecule has 3 N–H and O–H groups in total. The van der Waals surface area contributed by atoms with E-state index in [9.17, 15) is 14.4 Å². The summed E-state index contributed by atoms with van der Waals surface area (Å²) >= 11 is 0. The first kappa shape index (κ1) is 11.5. The Morgan fingerprint density at radius 3 is 2.80 bits per heavy atom. The fraction of sp³-hybridized carbons (Fsp3) is 0.667. The van der Waals surface area contributed by atoms with Crippen molar-refractivity contribution in [2.75, 3.05) is 0 Å². The lowest BCUT2D eigenvalue weighted by Gasteiger charge is -2.15. The molecule has 15 heavy (non-hydrogen) atoms. The molecule has 0 aromatic carbocycles. The van der Waals surface area contributed by atoms with Crippen molar-refractivity contribution in [3.63, 3.8) is 0 Å². The Hall–Kier alpha value is -1.59. The van der Waals surface area contributed by atoms with Gasteiger partial charge in [-0.25, -0.2) is 0 Å². The van der Waals surface area contributed by atoms with Gasteiger partial charge in [0.25, 0.3) is 0 Å². The maximum atomic E-state index is 11.5. The average Bonchev–Trinajstić information content (AvgIpc) is 2.49. The number of rotatable bonds is 4. The third kappa shape index (κ3) is 3.57. The molecule has 0 radical (unpaired) electrons. The van der Waals surface area contributed by atoms with Crippen LogP contribution in [0.25, 0.3) is 0 Å². The van der Waals surface area contributed by atoms with Crippen molar-refractivity contribution in [1.82, 2.24) is 10.6 Å². The molecule has 1 rings (SSSR count). The number of carbonyl (C=O) groups is 3. The fourth-order valence-electron chi connectivity index (χ4n) is 1.47. The molecule has 0 spiro atoms. The zero-order chi connectivity index (χ0) is 11.4. The predicted octanol–water partition coefficient (Wildman–Crippen LogP) is -0.756. The molecule has 1 aliphatic heterocycles. The van der Waals surface area contributed by atoms with Gasteiger partial charge in [0.1, 0.15) is 6.04 Å². The molecule has 0 aromatic heterocycles. The summed E-state index contributed by atoms with van der Waals surface area (Å²) in [7, 11) is 0. The lowest BCUT2D eigenvalue weighted by Crippen LogP contribution is -2.45. The number of nitrogens with one attached hydrogen (secondary N) is 2. The van der Waals surface area contributed by atoms with E-state index in [0.29, 0.717) is 12.8 Å². The van der Waals surface area contributed by atoms with Gasteiger partial charge in [-0.1, -0.05) is 0 Å². The van der Waals surface area contributed by atoms with E-state index in [1.807, 2.05) is 0 Å². The number of hydrogen-bond acceptors (Lipinski definition) is 3. The van der Waals surface area contributed by atoms with Crippen LogP contribution in [-0.2, 0) is 14.4 Å². The number of aliphatic carboxylic acids is 1. The summed E-state index contributed by atoms with van der Waals surface area (Å²) < 4.78 is 0. The maximum Gasteiger partial charge on any atom is 0.305 e. The first-order valence-corrected chi connectivity index (χ1v) is 4.80. The second-order valence-corrected chi connectivity index (χ2v) is 3.67. The van der Waals surface area contributed by atoms with Crippen molar-refractivity contribution in [1.29, 1.82) is 0 Å². The molecule has 1 fully saturated rings. The topological polar surface area (TPSA) is 95.5 Å². The molecule has 0 aromatic rings. The van der Waals surface area contributed by atoms with Crippen LogP contribution in [0.1, 0.15) is 26.2 Å². The summed E-state index contributed by atoms with van der Waals surface area (Å²) in [6.45, 7) is 1.61. The first-order valence-electron chi connectivity index (χ1n) is 4.80. The zero-order valence-electron chi connectivity index (χ0n) is 8.45. The van der Waals surface area contributed by atoms with Crippen LogP contribution in [0.15, 0.2) is 0 Å². The van der Waals surface area contributed by atoms with E-state index in [0.717, 1.165) is 0 Å². The minimum atomic E-state index is -0.960. The SMILES string of the molecule is CC(CC(=O)O)NC(=O)[C@H]1CCC(=O)N1. The molecule has 1 aliphatic rings. The van der Waals surface area contributed by atoms with Crippen LogP contribution in [0, 0.1) is 0 Å². The van der Waals surface area contributed by atoms with E-state index in [4.69, 9.17) is 5.11 Å². The quantitative estimate of drug-likeness (QED) is 0.573. The number of carboxylic acid groups (broad SMARTS) is 1. The predicted molar refractivity (Wildman–Crippen MR) is 51.0 cm³/mol. The summed E-state index contributed by atoms with van der Waals surface area (Å²) in [6.07, 6.45) is 0.711. The van der Waals surface area contributed by atoms with Crippen LogP contribution in [0.5, 0.6) is 0 Å². The Morgan fingerprint density at radius 1 is 1.67 bits per heavy atom. The van der Waals surface area contributed by atoms with Gasteiger partial charge in [0.2, 0.25) is 11.8 Å². The number of amides is 2. The van der Waals surface area contributed by atoms with Gasteiger partial charge in [0.05, 0.1) is 6.42 Å². The van der Waals surface area contributed by atoms with Crippen LogP contribution in [0.3, 0.4) is 0 Å². The van der Waals surface area contributed by atoms with Crippen molar-refractivity contribution in [3.05, 3.63) is 0 Å². The summed E-state index contributed by atoms with van der Waals surface area (Å²) in [5.74, 6) is -1.41. The van der Waals surface area contributed by atoms with E-state index >= 15 is 0 Å². The summed E-state index contributed by atoms with van der Waals surface area (Å²) in [6, 6.07) is -0.929. The monoisotopic (exact) mass is 214 g/mol. The second-order valence-electron chi connectivity index (χ2n) is 3.67. The van der Waals surface area contributed by atoms with Crippen LogP contribution < -0.4 is 10.6 Å². The summed E-state index contributed by atoms with van der Waals surface area (Å²) in [5, 5.41) is 13.5. The van der Waals surface area contributed by atoms with Crippen molar-refractivity contribution in [2.24, 2.45) is 0 Å². The average molecular weight is 214 g/mol. The third-order valence-corrected chi connectivity index (χ3v) is 2.18. The Bertz CT molecular complexity index is 290. The molecule has 0 aliphatic carbocycles. The van der Waals surface area contributed by atoms with Crippen molar-refractivity contribution in [3.8, 4) is 0 Å². The molecule has 6 heteroatoms. The molecule has 0 saturated carbocycles.